The van der Waals surface area contributed by atoms with Gasteiger partial charge in [0.05, 0.1) is 44.0 Å². The van der Waals surface area contributed by atoms with Crippen LogP contribution in [-0.2, 0) is 16.9 Å². The number of rotatable bonds is 8. The maximum Gasteiger partial charge on any atom is 0.322 e. The molecule has 0 aliphatic carbocycles. The first kappa shape index (κ1) is 24.6. The fourth-order valence-electron chi connectivity index (χ4n) is 3.82. The van der Waals surface area contributed by atoms with Crippen LogP contribution in [0.5, 0.6) is 11.5 Å². The lowest BCUT2D eigenvalue weighted by atomic mass is 9.91. The topological polar surface area (TPSA) is 96.4 Å². The minimum absolute atomic E-state index is 0.193. The Balaban J connectivity index is 1.66. The number of benzene rings is 1. The van der Waals surface area contributed by atoms with Gasteiger partial charge in [-0.25, -0.2) is 4.79 Å². The Morgan fingerprint density at radius 3 is 2.27 bits per heavy atom. The lowest BCUT2D eigenvalue weighted by molar-refractivity contribution is 0.0492. The third-order valence-corrected chi connectivity index (χ3v) is 6.04. The van der Waals surface area contributed by atoms with E-state index in [1.54, 1.807) is 45.4 Å². The maximum absolute atomic E-state index is 12.9. The van der Waals surface area contributed by atoms with Crippen LogP contribution in [0.4, 0.5) is 16.2 Å². The average Bonchev–Trinajstić information content (AvgIpc) is 2.84. The van der Waals surface area contributed by atoms with Crippen LogP contribution < -0.4 is 19.7 Å². The minimum atomic E-state index is -1.06. The van der Waals surface area contributed by atoms with E-state index >= 15 is 0 Å². The molecule has 2 amide bonds. The van der Waals surface area contributed by atoms with Crippen LogP contribution >= 0.6 is 0 Å². The van der Waals surface area contributed by atoms with E-state index in [4.69, 9.17) is 14.2 Å². The second kappa shape index (κ2) is 10.7. The third-order valence-electron chi connectivity index (χ3n) is 6.04. The van der Waals surface area contributed by atoms with Crippen LogP contribution in [0.2, 0.25) is 0 Å². The molecule has 0 bridgehead atoms. The van der Waals surface area contributed by atoms with Gasteiger partial charge >= 0.3 is 6.03 Å². The molecule has 0 spiro atoms. The Morgan fingerprint density at radius 2 is 1.73 bits per heavy atom. The van der Waals surface area contributed by atoms with E-state index in [1.807, 2.05) is 25.1 Å². The van der Waals surface area contributed by atoms with Crippen molar-refractivity contribution in [3.05, 3.63) is 41.7 Å². The first-order valence-corrected chi connectivity index (χ1v) is 11.1. The van der Waals surface area contributed by atoms with E-state index in [1.165, 1.54) is 0 Å². The Bertz CT molecular complexity index is 936. The zero-order valence-corrected chi connectivity index (χ0v) is 20.1. The van der Waals surface area contributed by atoms with Gasteiger partial charge in [-0.3, -0.25) is 4.98 Å². The van der Waals surface area contributed by atoms with Crippen LogP contribution in [-0.4, -0.2) is 68.5 Å². The first-order valence-electron chi connectivity index (χ1n) is 11.1. The molecule has 3 rings (SSSR count). The third kappa shape index (κ3) is 5.85. The van der Waals surface area contributed by atoms with E-state index in [2.05, 4.69) is 15.2 Å². The van der Waals surface area contributed by atoms with Crippen LogP contribution in [0, 0.1) is 0 Å². The normalized spacial score (nSPS) is 15.7. The highest BCUT2D eigenvalue weighted by Crippen LogP contribution is 2.30. The maximum atomic E-state index is 12.9. The molecule has 1 aliphatic rings. The Labute approximate surface area is 195 Å². The number of methoxy groups -OCH3 is 3. The lowest BCUT2D eigenvalue weighted by Crippen LogP contribution is -2.50. The molecular formula is C24H34N4O5. The highest BCUT2D eigenvalue weighted by atomic mass is 16.5. The summed E-state index contributed by atoms with van der Waals surface area (Å²) in [4.78, 5) is 21.3. The molecule has 0 saturated carbocycles. The monoisotopic (exact) mass is 458 g/mol. The molecule has 1 atom stereocenters. The summed E-state index contributed by atoms with van der Waals surface area (Å²) in [6.07, 6.45) is 2.11. The van der Waals surface area contributed by atoms with Crippen LogP contribution in [0.25, 0.3) is 0 Å². The number of carbonyl (C=O) groups excluding carboxylic acids is 1. The van der Waals surface area contributed by atoms with Crippen LogP contribution in [0.1, 0.15) is 31.5 Å². The Hall–Kier alpha value is -3.04. The summed E-state index contributed by atoms with van der Waals surface area (Å²) in [5.74, 6) is 1.46. The zero-order chi connectivity index (χ0) is 24.0. The Kier molecular flexibility index (Phi) is 7.99. The second-order valence-electron chi connectivity index (χ2n) is 8.25. The van der Waals surface area contributed by atoms with Crippen LogP contribution in [0.15, 0.2) is 30.5 Å². The SMILES string of the molecule is CCC(C)(O)c1cc(NC(=O)N2CCN(c3cc(OC)cc(OC)c3)CC2)cnc1COC. The number of pyridine rings is 1. The summed E-state index contributed by atoms with van der Waals surface area (Å²) in [5.41, 5.74) is 1.79. The molecular weight excluding hydrogens is 424 g/mol. The highest BCUT2D eigenvalue weighted by Gasteiger charge is 2.27. The van der Waals surface area contributed by atoms with Crippen molar-refractivity contribution in [2.45, 2.75) is 32.5 Å². The van der Waals surface area contributed by atoms with Gasteiger partial charge in [-0.2, -0.15) is 0 Å². The van der Waals surface area contributed by atoms with Crippen molar-refractivity contribution in [2.75, 3.05) is 57.7 Å². The lowest BCUT2D eigenvalue weighted by Gasteiger charge is -2.36. The number of nitrogens with one attached hydrogen (secondary N) is 1. The largest absolute Gasteiger partial charge is 0.497 e. The predicted molar refractivity (Wildman–Crippen MR) is 127 cm³/mol. The standard InChI is InChI=1S/C24H34N4O5/c1-6-24(2,30)21-11-17(15-25-22(21)16-31-3)26-23(29)28-9-7-27(8-10-28)18-12-19(32-4)14-20(13-18)33-5/h11-15,30H,6-10,16H2,1-5H3,(H,26,29). The van der Waals surface area contributed by atoms with Gasteiger partial charge in [0.1, 0.15) is 11.5 Å². The molecule has 180 valence electrons. The molecule has 2 aromatic rings. The zero-order valence-electron chi connectivity index (χ0n) is 20.1. The number of aromatic nitrogens is 1. The van der Waals surface area contributed by atoms with Gasteiger partial charge in [0.15, 0.2) is 0 Å². The van der Waals surface area contributed by atoms with Crippen molar-refractivity contribution >= 4 is 17.4 Å². The van der Waals surface area contributed by atoms with Crippen molar-refractivity contribution in [1.82, 2.24) is 9.88 Å². The molecule has 1 aliphatic heterocycles. The number of amides is 2. The van der Waals surface area contributed by atoms with Crippen molar-refractivity contribution < 1.29 is 24.1 Å². The second-order valence-corrected chi connectivity index (χ2v) is 8.25. The summed E-state index contributed by atoms with van der Waals surface area (Å²) >= 11 is 0. The van der Waals surface area contributed by atoms with Gasteiger partial charge in [-0.15, -0.1) is 0 Å². The number of aliphatic hydroxyl groups is 1. The number of carbonyl (C=O) groups is 1. The predicted octanol–water partition coefficient (Wildman–Crippen LogP) is 3.22. The summed E-state index contributed by atoms with van der Waals surface area (Å²) in [6.45, 7) is 6.44. The van der Waals surface area contributed by atoms with E-state index in [0.717, 1.165) is 17.2 Å². The van der Waals surface area contributed by atoms with E-state index < -0.39 is 5.60 Å². The number of anilines is 2. The van der Waals surface area contributed by atoms with E-state index in [0.29, 0.717) is 49.5 Å². The molecule has 33 heavy (non-hydrogen) atoms. The van der Waals surface area contributed by atoms with Crippen molar-refractivity contribution in [3.8, 4) is 11.5 Å². The summed E-state index contributed by atoms with van der Waals surface area (Å²) in [5, 5.41) is 13.7. The molecule has 2 heterocycles. The smallest absolute Gasteiger partial charge is 0.322 e. The van der Waals surface area contributed by atoms with Gasteiger partial charge in [-0.1, -0.05) is 6.92 Å². The Morgan fingerprint density at radius 1 is 1.09 bits per heavy atom. The van der Waals surface area contributed by atoms with Crippen molar-refractivity contribution in [2.24, 2.45) is 0 Å². The number of piperazine rings is 1. The van der Waals surface area contributed by atoms with Crippen molar-refractivity contribution in [3.63, 3.8) is 0 Å². The molecule has 1 aromatic heterocycles. The summed E-state index contributed by atoms with van der Waals surface area (Å²) < 4.78 is 15.9. The minimum Gasteiger partial charge on any atom is -0.497 e. The molecule has 9 nitrogen and oxygen atoms in total. The molecule has 1 aromatic carbocycles. The van der Waals surface area contributed by atoms with Gasteiger partial charge in [0, 0.05) is 62.7 Å². The van der Waals surface area contributed by atoms with Gasteiger partial charge in [0.25, 0.3) is 0 Å². The van der Waals surface area contributed by atoms with Gasteiger partial charge in [0.2, 0.25) is 0 Å². The van der Waals surface area contributed by atoms with E-state index in [9.17, 15) is 9.90 Å². The molecule has 0 radical (unpaired) electrons. The molecule has 1 unspecified atom stereocenters. The summed E-state index contributed by atoms with van der Waals surface area (Å²) in [6, 6.07) is 7.35. The molecule has 1 fully saturated rings. The highest BCUT2D eigenvalue weighted by molar-refractivity contribution is 5.89. The number of hydrogen-bond acceptors (Lipinski definition) is 7. The number of urea groups is 1. The van der Waals surface area contributed by atoms with E-state index in [-0.39, 0.29) is 12.6 Å². The fourth-order valence-corrected chi connectivity index (χ4v) is 3.82. The average molecular weight is 459 g/mol. The van der Waals surface area contributed by atoms with Crippen molar-refractivity contribution in [1.29, 1.82) is 0 Å². The molecule has 9 heteroatoms. The number of hydrogen-bond donors (Lipinski definition) is 2. The number of ether oxygens (including phenoxy) is 3. The molecule has 2 N–H and O–H groups in total. The van der Waals surface area contributed by atoms with Crippen LogP contribution in [0.3, 0.4) is 0 Å². The fraction of sp³-hybridized carbons (Fsp3) is 0.500. The summed E-state index contributed by atoms with van der Waals surface area (Å²) in [7, 11) is 4.84. The molecule has 1 saturated heterocycles. The van der Waals surface area contributed by atoms with Gasteiger partial charge in [-0.05, 0) is 19.4 Å². The quantitative estimate of drug-likeness (QED) is 0.627. The first-order chi connectivity index (χ1) is 15.8. The number of nitrogens with zero attached hydrogens (tertiary/aromatic N) is 3. The van der Waals surface area contributed by atoms with Gasteiger partial charge < -0.3 is 34.4 Å².